The zero-order valence-electron chi connectivity index (χ0n) is 44.8. The maximum atomic E-state index is 12.4. The molecule has 0 saturated heterocycles. The van der Waals surface area contributed by atoms with Gasteiger partial charge in [-0.1, -0.05) is 49.4 Å². The standard InChI is InChI=1S/C20H29N3O.C20H27N3O.C18H23NO.B.Na.H/c2*1-20-11-10-16-15-7-5-14(21-22-23(2)3)12-13(15)4-6-17(16)18(20)8-9-19(20)24;1-18-9-8-14-13-5-3-12(19)10-11(13)2-4-15(14)16(18)6-7-17(18)20;;;/h5,7,12,16-19,24H,4,6,8-11H2,1-3H3;5,7,12,16-18H,4,6,8-11H2,1-3H3;3,5,10,14-16H,2,4,6-9,19H2,1H3;;;/q;;;;+1;-1. The normalized spacial score (nSPS) is 36.1. The van der Waals surface area contributed by atoms with E-state index in [1.165, 1.54) is 72.8 Å². The van der Waals surface area contributed by atoms with Crippen molar-refractivity contribution in [1.29, 1.82) is 0 Å². The zero-order chi connectivity index (χ0) is 47.7. The van der Waals surface area contributed by atoms with E-state index in [0.717, 1.165) is 99.5 Å². The van der Waals surface area contributed by atoms with Crippen molar-refractivity contribution in [2.75, 3.05) is 33.9 Å². The van der Waals surface area contributed by atoms with E-state index in [4.69, 9.17) is 5.73 Å². The maximum Gasteiger partial charge on any atom is 1.00 e. The Balaban J connectivity index is 0.000000154. The number of benzene rings is 3. The zero-order valence-corrected chi connectivity index (χ0v) is 45.8. The molecule has 12 heteroatoms. The average molecular weight is 957 g/mol. The van der Waals surface area contributed by atoms with Gasteiger partial charge < -0.3 is 12.3 Å². The van der Waals surface area contributed by atoms with Crippen molar-refractivity contribution in [2.24, 2.45) is 72.4 Å². The van der Waals surface area contributed by atoms with Crippen molar-refractivity contribution in [3.05, 3.63) is 88.0 Å². The van der Waals surface area contributed by atoms with Gasteiger partial charge in [-0.25, -0.2) is 0 Å². The second kappa shape index (κ2) is 20.9. The Bertz CT molecular complexity index is 2490. The van der Waals surface area contributed by atoms with Gasteiger partial charge in [-0.3, -0.25) is 19.6 Å². The molecule has 369 valence electrons. The number of nitrogen functional groups attached to an aromatic ring is 1. The molecule has 9 aliphatic carbocycles. The quantitative estimate of drug-likeness (QED) is 0.116. The second-order valence-corrected chi connectivity index (χ2v) is 24.0. The molecule has 9 aliphatic rings. The average Bonchev–Trinajstić information content (AvgIpc) is 3.94. The molecule has 0 amide bonds. The number of nitrogens with zero attached hydrogens (tertiary/aromatic N) is 6. The summed E-state index contributed by atoms with van der Waals surface area (Å²) in [6.07, 6.45) is 20.0. The molecule has 0 spiro atoms. The SMILES string of the molecule is CC12CCC3c4ccc(N)cc4CCC3C1CCC2=O.CN(C)N=Nc1ccc2c(c1)CCC1C2CCC2(C)C(=O)CCC12.CN(C)N=Nc1ccc2c(c1)CCC1C2CCC2(C)C(O)CCC12.[B].[H-].[Na+]. The van der Waals surface area contributed by atoms with Gasteiger partial charge in [-0.2, -0.15) is 0 Å². The fourth-order valence-corrected chi connectivity index (χ4v) is 16.7. The smallest absolute Gasteiger partial charge is 1.00 e. The number of fused-ring (bicyclic) bond motifs is 15. The van der Waals surface area contributed by atoms with Gasteiger partial charge in [0.25, 0.3) is 0 Å². The summed E-state index contributed by atoms with van der Waals surface area (Å²) in [5, 5.41) is 30.8. The number of hydrogen-bond donors (Lipinski definition) is 2. The molecule has 0 heterocycles. The Morgan fingerprint density at radius 3 is 1.41 bits per heavy atom. The van der Waals surface area contributed by atoms with Gasteiger partial charge in [0, 0.05) is 66.0 Å². The molecule has 13 unspecified atom stereocenters. The van der Waals surface area contributed by atoms with Crippen LogP contribution in [0.1, 0.15) is 170 Å². The molecule has 6 fully saturated rings. The first-order valence-corrected chi connectivity index (χ1v) is 26.6. The number of hydrogen-bond acceptors (Lipinski definition) is 8. The van der Waals surface area contributed by atoms with Crippen LogP contribution in [0.5, 0.6) is 0 Å². The van der Waals surface area contributed by atoms with E-state index in [9.17, 15) is 14.7 Å². The summed E-state index contributed by atoms with van der Waals surface area (Å²) in [4.78, 5) is 24.7. The third-order valence-corrected chi connectivity index (χ3v) is 20.2. The monoisotopic (exact) mass is 957 g/mol. The van der Waals surface area contributed by atoms with Gasteiger partial charge >= 0.3 is 29.6 Å². The van der Waals surface area contributed by atoms with E-state index in [-0.39, 0.29) is 61.7 Å². The molecule has 0 bridgehead atoms. The molecule has 0 aromatic heterocycles. The number of aryl methyl sites for hydroxylation is 3. The summed E-state index contributed by atoms with van der Waals surface area (Å²) in [5.74, 6) is 7.13. The van der Waals surface area contributed by atoms with Crippen molar-refractivity contribution < 1.29 is 45.7 Å². The summed E-state index contributed by atoms with van der Waals surface area (Å²) in [5.41, 5.74) is 17.8. The summed E-state index contributed by atoms with van der Waals surface area (Å²) < 4.78 is 0. The Morgan fingerprint density at radius 1 is 0.543 bits per heavy atom. The number of anilines is 1. The molecular formula is C58H80BN7NaO3. The molecule has 6 saturated carbocycles. The third-order valence-electron chi connectivity index (χ3n) is 20.2. The first-order valence-electron chi connectivity index (χ1n) is 26.6. The maximum absolute atomic E-state index is 12.4. The molecule has 3 aromatic rings. The van der Waals surface area contributed by atoms with Gasteiger partial charge in [-0.15, -0.1) is 10.2 Å². The molecule has 0 aliphatic heterocycles. The fourth-order valence-electron chi connectivity index (χ4n) is 16.7. The fraction of sp³-hybridized carbons (Fsp3) is 0.655. The molecule has 3 radical (unpaired) electrons. The Hall–Kier alpha value is -3.38. The van der Waals surface area contributed by atoms with E-state index in [0.29, 0.717) is 53.0 Å². The van der Waals surface area contributed by atoms with E-state index >= 15 is 0 Å². The Kier molecular flexibility index (Phi) is 15.8. The van der Waals surface area contributed by atoms with E-state index in [1.54, 1.807) is 15.6 Å². The Morgan fingerprint density at radius 2 is 0.957 bits per heavy atom. The van der Waals surface area contributed by atoms with Crippen molar-refractivity contribution in [3.63, 3.8) is 0 Å². The molecule has 10 nitrogen and oxygen atoms in total. The summed E-state index contributed by atoms with van der Waals surface area (Å²) in [6, 6.07) is 19.7. The minimum absolute atomic E-state index is 0. The number of Topliss-reactive ketones (excluding diaryl/α,β-unsaturated/α-hetero) is 2. The van der Waals surface area contributed by atoms with E-state index in [1.807, 2.05) is 28.2 Å². The molecule has 13 atom stereocenters. The van der Waals surface area contributed by atoms with Crippen LogP contribution in [0.3, 0.4) is 0 Å². The minimum atomic E-state index is -0.0846. The summed E-state index contributed by atoms with van der Waals surface area (Å²) in [6.45, 7) is 6.82. The number of carbonyl (C=O) groups is 2. The van der Waals surface area contributed by atoms with E-state index < -0.39 is 0 Å². The predicted molar refractivity (Wildman–Crippen MR) is 277 cm³/mol. The Labute approximate surface area is 444 Å². The second-order valence-electron chi connectivity index (χ2n) is 24.0. The largest absolute Gasteiger partial charge is 1.00 e. The molecule has 70 heavy (non-hydrogen) atoms. The van der Waals surface area contributed by atoms with Gasteiger partial charge in [0.05, 0.1) is 17.5 Å². The number of aliphatic hydroxyl groups is 1. The van der Waals surface area contributed by atoms with Gasteiger partial charge in [-0.05, 0) is 231 Å². The number of carbonyl (C=O) groups excluding carboxylic acids is 2. The summed E-state index contributed by atoms with van der Waals surface area (Å²) in [7, 11) is 7.55. The van der Waals surface area contributed by atoms with Gasteiger partial charge in [0.1, 0.15) is 11.6 Å². The minimum Gasteiger partial charge on any atom is -1.00 e. The van der Waals surface area contributed by atoms with Crippen LogP contribution in [0.15, 0.2) is 75.3 Å². The molecule has 12 rings (SSSR count). The van der Waals surface area contributed by atoms with Gasteiger partial charge in [0.2, 0.25) is 0 Å². The van der Waals surface area contributed by atoms with E-state index in [2.05, 4.69) is 96.0 Å². The van der Waals surface area contributed by atoms with Crippen LogP contribution in [0, 0.1) is 51.8 Å². The summed E-state index contributed by atoms with van der Waals surface area (Å²) >= 11 is 0. The predicted octanol–water partition coefficient (Wildman–Crippen LogP) is 9.57. The van der Waals surface area contributed by atoms with Crippen molar-refractivity contribution in [1.82, 2.24) is 10.0 Å². The van der Waals surface area contributed by atoms with Crippen molar-refractivity contribution in [3.8, 4) is 0 Å². The van der Waals surface area contributed by atoms with Crippen LogP contribution < -0.4 is 35.3 Å². The number of rotatable bonds is 4. The van der Waals surface area contributed by atoms with Crippen molar-refractivity contribution >= 4 is 37.0 Å². The first kappa shape index (κ1) is 52.9. The molecule has 3 aromatic carbocycles. The van der Waals surface area contributed by atoms with Crippen LogP contribution in [-0.4, -0.2) is 69.4 Å². The topological polar surface area (TPSA) is 136 Å². The van der Waals surface area contributed by atoms with Crippen LogP contribution in [-0.2, 0) is 28.9 Å². The van der Waals surface area contributed by atoms with Crippen molar-refractivity contribution in [2.45, 2.75) is 160 Å². The number of ketones is 2. The van der Waals surface area contributed by atoms with Gasteiger partial charge in [0.15, 0.2) is 0 Å². The van der Waals surface area contributed by atoms with Crippen LogP contribution >= 0.6 is 0 Å². The van der Waals surface area contributed by atoms with Crippen LogP contribution in [0.4, 0.5) is 17.1 Å². The number of aliphatic hydroxyl groups excluding tert-OH is 1. The molecular weight excluding hydrogens is 876 g/mol. The molecule has 3 N–H and O–H groups in total. The third kappa shape index (κ3) is 9.54. The van der Waals surface area contributed by atoms with Crippen LogP contribution in [0.25, 0.3) is 0 Å². The first-order chi connectivity index (χ1) is 32.6. The number of nitrogens with two attached hydrogens (primary N) is 1. The van der Waals surface area contributed by atoms with Crippen LogP contribution in [0.2, 0.25) is 0 Å².